The molecule has 1 aromatic carbocycles. The zero-order valence-electron chi connectivity index (χ0n) is 16.1. The largest absolute Gasteiger partial charge is 0.439 e. The van der Waals surface area contributed by atoms with Gasteiger partial charge in [-0.3, -0.25) is 4.79 Å². The molecule has 8 heteroatoms. The third kappa shape index (κ3) is 6.74. The minimum Gasteiger partial charge on any atom is -0.439 e. The van der Waals surface area contributed by atoms with Gasteiger partial charge in [-0.1, -0.05) is 24.4 Å². The van der Waals surface area contributed by atoms with Crippen LogP contribution in [0.3, 0.4) is 0 Å². The molecule has 0 radical (unpaired) electrons. The van der Waals surface area contributed by atoms with Crippen LogP contribution in [0.2, 0.25) is 0 Å². The predicted octanol–water partition coefficient (Wildman–Crippen LogP) is 3.35. The molecule has 154 valence electrons. The molecule has 29 heavy (non-hydrogen) atoms. The molecule has 0 atom stereocenters. The van der Waals surface area contributed by atoms with Crippen molar-refractivity contribution in [3.05, 3.63) is 54.0 Å². The highest BCUT2D eigenvalue weighted by Crippen LogP contribution is 2.22. The third-order valence-electron chi connectivity index (χ3n) is 4.74. The Labute approximate surface area is 169 Å². The summed E-state index contributed by atoms with van der Waals surface area (Å²) in [6, 6.07) is 8.89. The molecule has 3 rings (SSSR count). The Bertz CT molecular complexity index is 819. The first-order valence-corrected chi connectivity index (χ1v) is 9.72. The van der Waals surface area contributed by atoms with Gasteiger partial charge < -0.3 is 20.6 Å². The molecular formula is C21H25FN4O3. The summed E-state index contributed by atoms with van der Waals surface area (Å²) in [5.41, 5.74) is 6.39. The van der Waals surface area contributed by atoms with E-state index in [0.717, 1.165) is 0 Å². The lowest BCUT2D eigenvalue weighted by atomic mass is 9.89. The number of aromatic nitrogens is 1. The zero-order valence-corrected chi connectivity index (χ0v) is 16.1. The van der Waals surface area contributed by atoms with Crippen molar-refractivity contribution in [2.75, 3.05) is 13.2 Å². The number of halogens is 1. The van der Waals surface area contributed by atoms with Crippen LogP contribution in [0, 0.1) is 11.7 Å². The van der Waals surface area contributed by atoms with Gasteiger partial charge in [-0.2, -0.15) is 0 Å². The second kappa shape index (κ2) is 10.4. The van der Waals surface area contributed by atoms with Gasteiger partial charge in [0.15, 0.2) is 12.4 Å². The van der Waals surface area contributed by atoms with Crippen LogP contribution in [0.1, 0.15) is 37.7 Å². The predicted molar refractivity (Wildman–Crippen MR) is 107 cm³/mol. The Balaban J connectivity index is 1.43. The van der Waals surface area contributed by atoms with E-state index in [1.165, 1.54) is 62.6 Å². The van der Waals surface area contributed by atoms with Gasteiger partial charge >= 0.3 is 0 Å². The van der Waals surface area contributed by atoms with Crippen molar-refractivity contribution < 1.29 is 18.8 Å². The molecule has 0 aliphatic heterocycles. The highest BCUT2D eigenvalue weighted by atomic mass is 19.1. The molecule has 0 spiro atoms. The first-order chi connectivity index (χ1) is 14.1. The molecule has 3 N–H and O–H groups in total. The Morgan fingerprint density at radius 2 is 1.93 bits per heavy atom. The fourth-order valence-corrected chi connectivity index (χ4v) is 3.13. The van der Waals surface area contributed by atoms with E-state index < -0.39 is 0 Å². The molecule has 1 saturated carbocycles. The van der Waals surface area contributed by atoms with Gasteiger partial charge in [0, 0.05) is 24.4 Å². The molecule has 0 saturated heterocycles. The van der Waals surface area contributed by atoms with Crippen LogP contribution >= 0.6 is 0 Å². The van der Waals surface area contributed by atoms with E-state index >= 15 is 0 Å². The smallest absolute Gasteiger partial charge is 0.260 e. The second-order valence-corrected chi connectivity index (χ2v) is 7.00. The molecule has 1 amide bonds. The number of rotatable bonds is 8. The van der Waals surface area contributed by atoms with Crippen molar-refractivity contribution in [2.24, 2.45) is 16.8 Å². The van der Waals surface area contributed by atoms with Crippen molar-refractivity contribution in [3.63, 3.8) is 0 Å². The van der Waals surface area contributed by atoms with Crippen molar-refractivity contribution >= 4 is 11.7 Å². The monoisotopic (exact) mass is 400 g/mol. The fraction of sp³-hybridized carbons (Fsp3) is 0.381. The summed E-state index contributed by atoms with van der Waals surface area (Å²) < 4.78 is 18.4. The normalized spacial score (nSPS) is 15.0. The molecule has 1 heterocycles. The quantitative estimate of drug-likeness (QED) is 0.402. The average molecular weight is 400 g/mol. The first-order valence-electron chi connectivity index (χ1n) is 9.72. The highest BCUT2D eigenvalue weighted by molar-refractivity contribution is 5.96. The van der Waals surface area contributed by atoms with Gasteiger partial charge in [-0.05, 0) is 49.1 Å². The summed E-state index contributed by atoms with van der Waals surface area (Å²) in [5.74, 6) is 0.904. The number of carbonyl (C=O) groups excluding carboxylic acids is 1. The summed E-state index contributed by atoms with van der Waals surface area (Å²) in [5, 5.41) is 6.64. The van der Waals surface area contributed by atoms with Crippen molar-refractivity contribution in [3.8, 4) is 11.6 Å². The molecular weight excluding hydrogens is 375 g/mol. The van der Waals surface area contributed by atoms with Crippen LogP contribution in [0.5, 0.6) is 11.6 Å². The van der Waals surface area contributed by atoms with Crippen LogP contribution in [0.25, 0.3) is 0 Å². The van der Waals surface area contributed by atoms with Crippen LogP contribution in [-0.4, -0.2) is 29.9 Å². The molecule has 1 aliphatic rings. The Kier molecular flexibility index (Phi) is 7.38. The van der Waals surface area contributed by atoms with E-state index in [-0.39, 0.29) is 24.2 Å². The maximum Gasteiger partial charge on any atom is 0.260 e. The summed E-state index contributed by atoms with van der Waals surface area (Å²) in [6.45, 7) is 0.493. The van der Waals surface area contributed by atoms with E-state index in [2.05, 4.69) is 15.5 Å². The number of carbonyl (C=O) groups is 1. The maximum absolute atomic E-state index is 12.9. The van der Waals surface area contributed by atoms with Gasteiger partial charge in [0.05, 0.1) is 0 Å². The molecule has 7 nitrogen and oxygen atoms in total. The minimum absolute atomic E-state index is 0.103. The van der Waals surface area contributed by atoms with Crippen LogP contribution < -0.4 is 15.8 Å². The van der Waals surface area contributed by atoms with Crippen LogP contribution in [0.15, 0.2) is 47.8 Å². The molecule has 0 bridgehead atoms. The van der Waals surface area contributed by atoms with Crippen LogP contribution in [0.4, 0.5) is 4.39 Å². The maximum atomic E-state index is 12.9. The van der Waals surface area contributed by atoms with E-state index in [9.17, 15) is 9.18 Å². The van der Waals surface area contributed by atoms with E-state index in [1.54, 1.807) is 12.1 Å². The SMILES string of the molecule is N/C(=N/OCC(=O)NCC1CCCCC1)c1ccc(Oc2ccc(F)cc2)nc1. The van der Waals surface area contributed by atoms with E-state index in [1.807, 2.05) is 0 Å². The number of nitrogens with two attached hydrogens (primary N) is 1. The number of pyridine rings is 1. The zero-order chi connectivity index (χ0) is 20.5. The number of hydrogen-bond acceptors (Lipinski definition) is 5. The Hall–Kier alpha value is -3.16. The summed E-state index contributed by atoms with van der Waals surface area (Å²) >= 11 is 0. The van der Waals surface area contributed by atoms with Gasteiger partial charge in [0.25, 0.3) is 5.91 Å². The van der Waals surface area contributed by atoms with Gasteiger partial charge in [-0.15, -0.1) is 0 Å². The van der Waals surface area contributed by atoms with Gasteiger partial charge in [0.1, 0.15) is 11.6 Å². The molecule has 1 aromatic heterocycles. The summed E-state index contributed by atoms with van der Waals surface area (Å²) in [7, 11) is 0. The molecule has 1 aliphatic carbocycles. The Morgan fingerprint density at radius 1 is 1.17 bits per heavy atom. The lowest BCUT2D eigenvalue weighted by Crippen LogP contribution is -2.32. The lowest BCUT2D eigenvalue weighted by Gasteiger charge is -2.21. The number of amides is 1. The van der Waals surface area contributed by atoms with Crippen LogP contribution in [-0.2, 0) is 9.63 Å². The number of ether oxygens (including phenoxy) is 1. The standard InChI is InChI=1S/C21H25FN4O3/c22-17-7-9-18(10-8-17)29-20-11-6-16(13-25-20)21(23)26-28-14-19(27)24-12-15-4-2-1-3-5-15/h6-11,13,15H,1-5,12,14H2,(H2,23,26)(H,24,27). The van der Waals surface area contributed by atoms with Gasteiger partial charge in [-0.25, -0.2) is 9.37 Å². The topological polar surface area (TPSA) is 98.8 Å². The van der Waals surface area contributed by atoms with Crippen molar-refractivity contribution in [1.29, 1.82) is 0 Å². The van der Waals surface area contributed by atoms with E-state index in [0.29, 0.717) is 29.7 Å². The van der Waals surface area contributed by atoms with Crippen molar-refractivity contribution in [1.82, 2.24) is 10.3 Å². The number of nitrogens with one attached hydrogen (secondary N) is 1. The summed E-state index contributed by atoms with van der Waals surface area (Å²) in [6.07, 6.45) is 7.57. The first kappa shape index (κ1) is 20.6. The number of benzene rings is 1. The van der Waals surface area contributed by atoms with E-state index in [4.69, 9.17) is 15.3 Å². The second-order valence-electron chi connectivity index (χ2n) is 7.00. The number of hydrogen-bond donors (Lipinski definition) is 2. The minimum atomic E-state index is -0.340. The molecule has 1 fully saturated rings. The number of oxime groups is 1. The highest BCUT2D eigenvalue weighted by Gasteiger charge is 2.14. The number of nitrogens with zero attached hydrogens (tertiary/aromatic N) is 2. The Morgan fingerprint density at radius 3 is 2.62 bits per heavy atom. The molecule has 2 aromatic rings. The lowest BCUT2D eigenvalue weighted by molar-refractivity contribution is -0.125. The third-order valence-corrected chi connectivity index (χ3v) is 4.74. The van der Waals surface area contributed by atoms with Gasteiger partial charge in [0.2, 0.25) is 5.88 Å². The summed E-state index contributed by atoms with van der Waals surface area (Å²) in [4.78, 5) is 21.0. The molecule has 0 unspecified atom stereocenters. The average Bonchev–Trinajstić information content (AvgIpc) is 2.75. The number of amidine groups is 1. The fourth-order valence-electron chi connectivity index (χ4n) is 3.13. The van der Waals surface area contributed by atoms with Crippen molar-refractivity contribution in [2.45, 2.75) is 32.1 Å².